The number of piperidine rings is 1. The molecule has 0 aromatic heterocycles. The second kappa shape index (κ2) is 8.48. The van der Waals surface area contributed by atoms with Crippen molar-refractivity contribution in [3.8, 4) is 17.2 Å². The van der Waals surface area contributed by atoms with E-state index in [1.807, 2.05) is 12.1 Å². The van der Waals surface area contributed by atoms with Gasteiger partial charge >= 0.3 is 0 Å². The highest BCUT2D eigenvalue weighted by molar-refractivity contribution is 6.68. The molecule has 2 aromatic rings. The van der Waals surface area contributed by atoms with E-state index in [-0.39, 0.29) is 12.2 Å². The maximum atomic E-state index is 6.75. The zero-order valence-electron chi connectivity index (χ0n) is 18.6. The molecule has 5 nitrogen and oxygen atoms in total. The maximum absolute atomic E-state index is 6.75. The van der Waals surface area contributed by atoms with Gasteiger partial charge in [0.05, 0.1) is 12.8 Å². The number of benzene rings is 2. The molecule has 0 amide bonds. The van der Waals surface area contributed by atoms with Crippen LogP contribution in [0.2, 0.25) is 0 Å². The number of fused-ring (bicyclic) bond motifs is 5. The van der Waals surface area contributed by atoms with Crippen LogP contribution in [0.15, 0.2) is 24.3 Å². The number of halogens is 4. The average molecular weight is 542 g/mol. The van der Waals surface area contributed by atoms with Crippen molar-refractivity contribution in [2.24, 2.45) is 0 Å². The number of anilines is 1. The summed E-state index contributed by atoms with van der Waals surface area (Å²) in [5, 5.41) is 0.184. The van der Waals surface area contributed by atoms with E-state index in [9.17, 15) is 0 Å². The minimum absolute atomic E-state index is 0.184. The minimum atomic E-state index is -1.56. The van der Waals surface area contributed by atoms with Gasteiger partial charge in [-0.2, -0.15) is 0 Å². The molecule has 180 valence electrons. The van der Waals surface area contributed by atoms with Crippen molar-refractivity contribution in [1.29, 1.82) is 0 Å². The molecular weight excluding hydrogens is 518 g/mol. The molecule has 2 aromatic carbocycles. The molecule has 0 unspecified atom stereocenters. The van der Waals surface area contributed by atoms with Crippen LogP contribution in [-0.4, -0.2) is 47.6 Å². The first-order valence-corrected chi connectivity index (χ1v) is 13.0. The van der Waals surface area contributed by atoms with Gasteiger partial charge in [-0.15, -0.1) is 11.6 Å². The fourth-order valence-electron chi connectivity index (χ4n) is 5.60. The van der Waals surface area contributed by atoms with E-state index in [1.165, 1.54) is 5.56 Å². The molecule has 34 heavy (non-hydrogen) atoms. The molecule has 1 atom stereocenters. The smallest absolute Gasteiger partial charge is 0.231 e. The Morgan fingerprint density at radius 1 is 1.03 bits per heavy atom. The molecule has 4 aliphatic rings. The Balaban J connectivity index is 1.55. The van der Waals surface area contributed by atoms with Gasteiger partial charge in [-0.1, -0.05) is 40.9 Å². The van der Waals surface area contributed by atoms with Crippen LogP contribution in [0.1, 0.15) is 41.1 Å². The van der Waals surface area contributed by atoms with Crippen LogP contribution in [0, 0.1) is 0 Å². The average Bonchev–Trinajstić information content (AvgIpc) is 3.28. The lowest BCUT2D eigenvalue weighted by atomic mass is 9.85. The van der Waals surface area contributed by atoms with Crippen molar-refractivity contribution in [3.05, 3.63) is 46.5 Å². The van der Waals surface area contributed by atoms with Crippen LogP contribution in [0.5, 0.6) is 17.2 Å². The van der Waals surface area contributed by atoms with E-state index in [0.29, 0.717) is 0 Å². The highest BCUT2D eigenvalue weighted by atomic mass is 35.6. The molecule has 0 spiro atoms. The number of hydrogen-bond acceptors (Lipinski definition) is 5. The zero-order chi connectivity index (χ0) is 23.6. The van der Waals surface area contributed by atoms with Crippen LogP contribution in [0.25, 0.3) is 11.8 Å². The second-order valence-electron chi connectivity index (χ2n) is 9.06. The third kappa shape index (κ3) is 3.67. The Hall–Kier alpha value is -1.66. The first kappa shape index (κ1) is 22.8. The van der Waals surface area contributed by atoms with Crippen molar-refractivity contribution in [1.82, 2.24) is 4.90 Å². The second-order valence-corrected chi connectivity index (χ2v) is 12.0. The van der Waals surface area contributed by atoms with Gasteiger partial charge in [0, 0.05) is 41.8 Å². The summed E-state index contributed by atoms with van der Waals surface area (Å²) in [5.41, 5.74) is 6.32. The third-order valence-electron chi connectivity index (χ3n) is 7.17. The molecule has 4 heterocycles. The van der Waals surface area contributed by atoms with Gasteiger partial charge < -0.3 is 24.0 Å². The fourth-order valence-corrected chi connectivity index (χ4v) is 6.47. The molecule has 1 saturated heterocycles. The summed E-state index contributed by atoms with van der Waals surface area (Å²) < 4.78 is 15.5. The fraction of sp³-hybridized carbons (Fsp3) is 0.440. The van der Waals surface area contributed by atoms with E-state index in [1.54, 1.807) is 7.11 Å². The Morgan fingerprint density at radius 3 is 2.47 bits per heavy atom. The first-order valence-electron chi connectivity index (χ1n) is 11.4. The molecule has 0 aliphatic carbocycles. The summed E-state index contributed by atoms with van der Waals surface area (Å²) in [6.07, 6.45) is 4.81. The molecule has 0 N–H and O–H groups in total. The Morgan fingerprint density at radius 2 is 1.76 bits per heavy atom. The maximum Gasteiger partial charge on any atom is 0.231 e. The van der Waals surface area contributed by atoms with Crippen LogP contribution in [0.4, 0.5) is 5.69 Å². The van der Waals surface area contributed by atoms with Crippen LogP contribution < -0.4 is 19.1 Å². The number of rotatable bonds is 2. The highest BCUT2D eigenvalue weighted by Gasteiger charge is 2.46. The lowest BCUT2D eigenvalue weighted by molar-refractivity contribution is 0.174. The Bertz CT molecular complexity index is 1170. The molecule has 0 bridgehead atoms. The van der Waals surface area contributed by atoms with Gasteiger partial charge in [-0.3, -0.25) is 0 Å². The first-order chi connectivity index (χ1) is 16.3. The van der Waals surface area contributed by atoms with Gasteiger partial charge in [0.25, 0.3) is 0 Å². The van der Waals surface area contributed by atoms with E-state index >= 15 is 0 Å². The highest BCUT2D eigenvalue weighted by Crippen LogP contribution is 2.56. The van der Waals surface area contributed by atoms with Crippen LogP contribution in [-0.2, 0) is 6.42 Å². The quantitative estimate of drug-likeness (QED) is 0.410. The van der Waals surface area contributed by atoms with Gasteiger partial charge in [-0.05, 0) is 54.7 Å². The molecule has 0 saturated carbocycles. The van der Waals surface area contributed by atoms with Gasteiger partial charge in [-0.25, -0.2) is 0 Å². The van der Waals surface area contributed by atoms with Crippen molar-refractivity contribution in [3.63, 3.8) is 0 Å². The predicted octanol–water partition coefficient (Wildman–Crippen LogP) is 6.41. The van der Waals surface area contributed by atoms with Crippen molar-refractivity contribution in [2.45, 2.75) is 34.5 Å². The van der Waals surface area contributed by atoms with E-state index < -0.39 is 9.83 Å². The van der Waals surface area contributed by atoms with Gasteiger partial charge in [0.2, 0.25) is 10.6 Å². The summed E-state index contributed by atoms with van der Waals surface area (Å²) in [7, 11) is 1.69. The SMILES string of the molecule is COc1ccc2c(c1N1CCC(Cl)CC1)[C@@H](C(Cl)(Cl)Cl)N1CCc3cc4c(cc3C1=C2)OCO4. The Labute approximate surface area is 219 Å². The van der Waals surface area contributed by atoms with Gasteiger partial charge in [0.1, 0.15) is 11.8 Å². The van der Waals surface area contributed by atoms with Crippen molar-refractivity contribution in [2.75, 3.05) is 38.4 Å². The number of ether oxygens (including phenoxy) is 3. The van der Waals surface area contributed by atoms with Crippen LogP contribution >= 0.6 is 46.4 Å². The summed E-state index contributed by atoms with van der Waals surface area (Å²) in [6.45, 7) is 2.62. The molecule has 9 heteroatoms. The Kier molecular flexibility index (Phi) is 5.68. The van der Waals surface area contributed by atoms with E-state index in [4.69, 9.17) is 60.6 Å². The number of nitrogens with zero attached hydrogens (tertiary/aromatic N) is 2. The topological polar surface area (TPSA) is 34.2 Å². The molecule has 0 radical (unpaired) electrons. The monoisotopic (exact) mass is 540 g/mol. The zero-order valence-corrected chi connectivity index (χ0v) is 21.6. The summed E-state index contributed by atoms with van der Waals surface area (Å²) in [5.74, 6) is 2.32. The lowest BCUT2D eigenvalue weighted by Gasteiger charge is -2.47. The number of methoxy groups -OCH3 is 1. The summed E-state index contributed by atoms with van der Waals surface area (Å²) in [6, 6.07) is 7.70. The molecule has 4 aliphatic heterocycles. The minimum Gasteiger partial charge on any atom is -0.495 e. The standard InChI is InChI=1S/C25H24Cl4N2O3/c1-32-19-3-2-15-10-18-17-12-21-20(33-13-34-21)11-14(17)4-9-31(18)24(25(27,28)29)22(15)23(19)30-7-5-16(26)6-8-30/h2-3,10-12,16,24H,4-9,13H2,1H3/t24-/m0/s1. The van der Waals surface area contributed by atoms with Crippen LogP contribution in [0.3, 0.4) is 0 Å². The van der Waals surface area contributed by atoms with Gasteiger partial charge in [0.15, 0.2) is 11.5 Å². The molecule has 1 fully saturated rings. The molecule has 6 rings (SSSR count). The van der Waals surface area contributed by atoms with E-state index in [0.717, 1.165) is 84.2 Å². The predicted molar refractivity (Wildman–Crippen MR) is 138 cm³/mol. The normalized spacial score (nSPS) is 21.6. The summed E-state index contributed by atoms with van der Waals surface area (Å²) in [4.78, 5) is 4.55. The third-order valence-corrected chi connectivity index (χ3v) is 8.22. The van der Waals surface area contributed by atoms with E-state index in [2.05, 4.69) is 28.0 Å². The largest absolute Gasteiger partial charge is 0.495 e. The molecular formula is C25H24Cl4N2O3. The number of alkyl halides is 4. The van der Waals surface area contributed by atoms with Crippen molar-refractivity contribution >= 4 is 63.9 Å². The lowest BCUT2D eigenvalue weighted by Crippen LogP contribution is -2.43. The van der Waals surface area contributed by atoms with Crippen molar-refractivity contribution < 1.29 is 14.2 Å². The number of hydrogen-bond donors (Lipinski definition) is 0. The summed E-state index contributed by atoms with van der Waals surface area (Å²) >= 11 is 26.6.